The van der Waals surface area contributed by atoms with Gasteiger partial charge in [-0.25, -0.2) is 0 Å². The number of nitrogens with zero attached hydrogens (tertiary/aromatic N) is 1. The van der Waals surface area contributed by atoms with Crippen molar-refractivity contribution in [1.82, 2.24) is 4.90 Å². The Bertz CT molecular complexity index is 384. The summed E-state index contributed by atoms with van der Waals surface area (Å²) in [5, 5.41) is 0. The molecular weight excluding hydrogens is 166 g/mol. The summed E-state index contributed by atoms with van der Waals surface area (Å²) in [7, 11) is 1.64. The SMILES string of the molecule is CN1CC(=O)c2ccccc2C1=O. The van der Waals surface area contributed by atoms with Gasteiger partial charge < -0.3 is 4.90 Å². The van der Waals surface area contributed by atoms with Gasteiger partial charge in [-0.2, -0.15) is 0 Å². The molecular formula is C10H9NO2. The van der Waals surface area contributed by atoms with Crippen molar-refractivity contribution in [2.75, 3.05) is 13.6 Å². The van der Waals surface area contributed by atoms with E-state index in [2.05, 4.69) is 0 Å². The second-order valence-electron chi connectivity index (χ2n) is 3.13. The van der Waals surface area contributed by atoms with E-state index in [1.165, 1.54) is 4.90 Å². The summed E-state index contributed by atoms with van der Waals surface area (Å²) < 4.78 is 0. The highest BCUT2D eigenvalue weighted by molar-refractivity contribution is 6.13. The minimum atomic E-state index is -0.0739. The molecule has 0 radical (unpaired) electrons. The minimum Gasteiger partial charge on any atom is -0.334 e. The monoisotopic (exact) mass is 175 g/mol. The van der Waals surface area contributed by atoms with Crippen LogP contribution in [0.1, 0.15) is 20.7 Å². The zero-order valence-electron chi connectivity index (χ0n) is 7.28. The summed E-state index contributed by atoms with van der Waals surface area (Å²) in [4.78, 5) is 24.4. The molecule has 66 valence electrons. The number of Topliss-reactive ketones (excluding diaryl/α,β-unsaturated/α-hetero) is 1. The van der Waals surface area contributed by atoms with Crippen LogP contribution in [0, 0.1) is 0 Å². The van der Waals surface area contributed by atoms with Gasteiger partial charge >= 0.3 is 0 Å². The first-order valence-corrected chi connectivity index (χ1v) is 4.08. The number of rotatable bonds is 0. The predicted octanol–water partition coefficient (Wildman–Crippen LogP) is 0.955. The van der Waals surface area contributed by atoms with Gasteiger partial charge in [-0.05, 0) is 6.07 Å². The van der Waals surface area contributed by atoms with E-state index in [1.54, 1.807) is 31.3 Å². The Morgan fingerprint density at radius 1 is 1.15 bits per heavy atom. The van der Waals surface area contributed by atoms with E-state index in [-0.39, 0.29) is 18.2 Å². The number of carbonyl (C=O) groups excluding carboxylic acids is 2. The topological polar surface area (TPSA) is 37.4 Å². The van der Waals surface area contributed by atoms with Crippen LogP contribution in [-0.4, -0.2) is 30.2 Å². The Balaban J connectivity index is 2.60. The highest BCUT2D eigenvalue weighted by Gasteiger charge is 2.26. The number of ketones is 1. The minimum absolute atomic E-state index is 0.0118. The van der Waals surface area contributed by atoms with Gasteiger partial charge in [0.25, 0.3) is 5.91 Å². The molecule has 0 aromatic heterocycles. The third-order valence-corrected chi connectivity index (χ3v) is 2.19. The third-order valence-electron chi connectivity index (χ3n) is 2.19. The van der Waals surface area contributed by atoms with Crippen LogP contribution in [-0.2, 0) is 0 Å². The summed E-state index contributed by atoms with van der Waals surface area (Å²) >= 11 is 0. The second-order valence-corrected chi connectivity index (χ2v) is 3.13. The fraction of sp³-hybridized carbons (Fsp3) is 0.200. The lowest BCUT2D eigenvalue weighted by Crippen LogP contribution is -2.38. The van der Waals surface area contributed by atoms with E-state index in [1.807, 2.05) is 0 Å². The fourth-order valence-electron chi connectivity index (χ4n) is 1.49. The van der Waals surface area contributed by atoms with E-state index in [9.17, 15) is 9.59 Å². The van der Waals surface area contributed by atoms with Crippen LogP contribution in [0.5, 0.6) is 0 Å². The van der Waals surface area contributed by atoms with Crippen LogP contribution in [0.4, 0.5) is 0 Å². The molecule has 0 bridgehead atoms. The molecule has 3 heteroatoms. The van der Waals surface area contributed by atoms with Crippen molar-refractivity contribution in [2.24, 2.45) is 0 Å². The van der Waals surface area contributed by atoms with Crippen LogP contribution < -0.4 is 0 Å². The van der Waals surface area contributed by atoms with Crippen molar-refractivity contribution >= 4 is 11.7 Å². The summed E-state index contributed by atoms with van der Waals surface area (Å²) in [5.74, 6) is -0.0621. The smallest absolute Gasteiger partial charge is 0.254 e. The molecule has 0 saturated carbocycles. The first-order chi connectivity index (χ1) is 6.20. The number of amides is 1. The van der Waals surface area contributed by atoms with Gasteiger partial charge in [-0.1, -0.05) is 18.2 Å². The second kappa shape index (κ2) is 2.69. The Hall–Kier alpha value is -1.64. The summed E-state index contributed by atoms with van der Waals surface area (Å²) in [5.41, 5.74) is 1.06. The molecule has 2 rings (SSSR count). The van der Waals surface area contributed by atoms with E-state index in [0.29, 0.717) is 11.1 Å². The van der Waals surface area contributed by atoms with Crippen molar-refractivity contribution in [1.29, 1.82) is 0 Å². The molecule has 1 aliphatic heterocycles. The zero-order valence-corrected chi connectivity index (χ0v) is 7.28. The summed E-state index contributed by atoms with van der Waals surface area (Å²) in [6.45, 7) is 0.190. The Labute approximate surface area is 76.0 Å². The normalized spacial score (nSPS) is 15.9. The maximum atomic E-state index is 11.5. The van der Waals surface area contributed by atoms with Crippen molar-refractivity contribution in [2.45, 2.75) is 0 Å². The van der Waals surface area contributed by atoms with Gasteiger partial charge in [0.15, 0.2) is 5.78 Å². The van der Waals surface area contributed by atoms with Gasteiger partial charge in [-0.3, -0.25) is 9.59 Å². The molecule has 0 aliphatic carbocycles. The number of likely N-dealkylation sites (N-methyl/N-ethyl adjacent to an activating group) is 1. The van der Waals surface area contributed by atoms with E-state index in [0.717, 1.165) is 0 Å². The fourth-order valence-corrected chi connectivity index (χ4v) is 1.49. The average Bonchev–Trinajstić information content (AvgIpc) is 2.15. The average molecular weight is 175 g/mol. The van der Waals surface area contributed by atoms with Crippen LogP contribution in [0.25, 0.3) is 0 Å². The van der Waals surface area contributed by atoms with Crippen LogP contribution >= 0.6 is 0 Å². The molecule has 1 amide bonds. The molecule has 1 aromatic rings. The molecule has 1 aromatic carbocycles. The number of hydrogen-bond acceptors (Lipinski definition) is 2. The largest absolute Gasteiger partial charge is 0.334 e. The summed E-state index contributed by atoms with van der Waals surface area (Å²) in [6, 6.07) is 6.92. The maximum Gasteiger partial charge on any atom is 0.254 e. The first kappa shape index (κ1) is 7.98. The van der Waals surface area contributed by atoms with E-state index in [4.69, 9.17) is 0 Å². The molecule has 0 fully saturated rings. The Morgan fingerprint density at radius 2 is 1.77 bits per heavy atom. The van der Waals surface area contributed by atoms with Crippen LogP contribution in [0.3, 0.4) is 0 Å². The number of hydrogen-bond donors (Lipinski definition) is 0. The molecule has 0 N–H and O–H groups in total. The molecule has 0 atom stereocenters. The summed E-state index contributed by atoms with van der Waals surface area (Å²) in [6.07, 6.45) is 0. The van der Waals surface area contributed by atoms with E-state index < -0.39 is 0 Å². The number of fused-ring (bicyclic) bond motifs is 1. The highest BCUT2D eigenvalue weighted by atomic mass is 16.2. The quantitative estimate of drug-likeness (QED) is 0.588. The van der Waals surface area contributed by atoms with Crippen LogP contribution in [0.2, 0.25) is 0 Å². The zero-order chi connectivity index (χ0) is 9.42. The molecule has 0 saturated heterocycles. The highest BCUT2D eigenvalue weighted by Crippen LogP contribution is 2.16. The maximum absolute atomic E-state index is 11.5. The number of benzene rings is 1. The molecule has 13 heavy (non-hydrogen) atoms. The Morgan fingerprint density at radius 3 is 2.46 bits per heavy atom. The van der Waals surface area contributed by atoms with Crippen molar-refractivity contribution in [3.63, 3.8) is 0 Å². The lowest BCUT2D eigenvalue weighted by molar-refractivity contribution is 0.0719. The lowest BCUT2D eigenvalue weighted by Gasteiger charge is -2.23. The predicted molar refractivity (Wildman–Crippen MR) is 47.7 cm³/mol. The van der Waals surface area contributed by atoms with Crippen LogP contribution in [0.15, 0.2) is 24.3 Å². The Kier molecular flexibility index (Phi) is 1.65. The number of carbonyl (C=O) groups is 2. The lowest BCUT2D eigenvalue weighted by atomic mass is 9.99. The standard InChI is InChI=1S/C10H9NO2/c1-11-6-9(12)7-4-2-3-5-8(7)10(11)13/h2-5H,6H2,1H3. The van der Waals surface area contributed by atoms with Gasteiger partial charge in [0.05, 0.1) is 12.1 Å². The molecule has 1 aliphatic rings. The van der Waals surface area contributed by atoms with Gasteiger partial charge in [0.1, 0.15) is 0 Å². The van der Waals surface area contributed by atoms with Gasteiger partial charge in [0.2, 0.25) is 0 Å². The molecule has 1 heterocycles. The third kappa shape index (κ3) is 1.13. The molecule has 0 unspecified atom stereocenters. The molecule has 0 spiro atoms. The van der Waals surface area contributed by atoms with Gasteiger partial charge in [0, 0.05) is 12.6 Å². The van der Waals surface area contributed by atoms with Crippen molar-refractivity contribution < 1.29 is 9.59 Å². The molecule has 3 nitrogen and oxygen atoms in total. The van der Waals surface area contributed by atoms with Crippen molar-refractivity contribution in [3.05, 3.63) is 35.4 Å². The first-order valence-electron chi connectivity index (χ1n) is 4.08. The van der Waals surface area contributed by atoms with Gasteiger partial charge in [-0.15, -0.1) is 0 Å². The van der Waals surface area contributed by atoms with Crippen molar-refractivity contribution in [3.8, 4) is 0 Å². The van der Waals surface area contributed by atoms with E-state index >= 15 is 0 Å².